The van der Waals surface area contributed by atoms with E-state index in [2.05, 4.69) is 11.5 Å². The Labute approximate surface area is 67.8 Å². The molecule has 62 valence electrons. The number of rotatable bonds is 1. The molecule has 2 fully saturated rings. The van der Waals surface area contributed by atoms with Crippen molar-refractivity contribution in [1.29, 1.82) is 0 Å². The Hall–Kier alpha value is -0.340. The van der Waals surface area contributed by atoms with E-state index in [0.717, 1.165) is 19.1 Å². The first-order chi connectivity index (χ1) is 5.29. The van der Waals surface area contributed by atoms with Crippen LogP contribution in [0.3, 0.4) is 0 Å². The predicted molar refractivity (Wildman–Crippen MR) is 44.5 cm³/mol. The van der Waals surface area contributed by atoms with Gasteiger partial charge in [0.25, 0.3) is 0 Å². The molecule has 0 saturated carbocycles. The number of hydrogen-bond acceptors (Lipinski definition) is 2. The van der Waals surface area contributed by atoms with E-state index in [1.165, 1.54) is 18.4 Å². The lowest BCUT2D eigenvalue weighted by molar-refractivity contribution is 0.109. The largest absolute Gasteiger partial charge is 0.380 e. The van der Waals surface area contributed by atoms with Crippen molar-refractivity contribution in [3.8, 4) is 0 Å². The Morgan fingerprint density at radius 2 is 2.45 bits per heavy atom. The molecule has 2 saturated heterocycles. The van der Waals surface area contributed by atoms with Crippen LogP contribution < -0.4 is 0 Å². The van der Waals surface area contributed by atoms with Crippen LogP contribution in [0.1, 0.15) is 12.8 Å². The van der Waals surface area contributed by atoms with Crippen molar-refractivity contribution in [2.45, 2.75) is 25.0 Å². The van der Waals surface area contributed by atoms with Gasteiger partial charge >= 0.3 is 0 Å². The molecular formula is C9H15NO. The lowest BCUT2D eigenvalue weighted by Gasteiger charge is -2.11. The predicted octanol–water partition coefficient (Wildman–Crippen LogP) is 1.04. The van der Waals surface area contributed by atoms with Gasteiger partial charge in [0.1, 0.15) is 0 Å². The van der Waals surface area contributed by atoms with E-state index < -0.39 is 0 Å². The van der Waals surface area contributed by atoms with Gasteiger partial charge in [0.2, 0.25) is 0 Å². The maximum Gasteiger partial charge on any atom is 0.0713 e. The SMILES string of the molecule is C=C1CC2C[C@H](OC)CN2C1. The van der Waals surface area contributed by atoms with E-state index in [1.54, 1.807) is 0 Å². The zero-order valence-electron chi connectivity index (χ0n) is 7.05. The van der Waals surface area contributed by atoms with Gasteiger partial charge < -0.3 is 4.74 Å². The lowest BCUT2D eigenvalue weighted by Crippen LogP contribution is -2.23. The van der Waals surface area contributed by atoms with Crippen molar-refractivity contribution in [3.63, 3.8) is 0 Å². The molecule has 2 heteroatoms. The molecule has 2 heterocycles. The van der Waals surface area contributed by atoms with E-state index in [9.17, 15) is 0 Å². The fourth-order valence-electron chi connectivity index (χ4n) is 2.20. The summed E-state index contributed by atoms with van der Waals surface area (Å²) in [7, 11) is 1.81. The number of nitrogens with zero attached hydrogens (tertiary/aromatic N) is 1. The van der Waals surface area contributed by atoms with Crippen LogP contribution in [0.2, 0.25) is 0 Å². The molecule has 0 amide bonds. The normalized spacial score (nSPS) is 38.1. The van der Waals surface area contributed by atoms with Crippen molar-refractivity contribution >= 4 is 0 Å². The number of ether oxygens (including phenoxy) is 1. The van der Waals surface area contributed by atoms with Gasteiger partial charge in [-0.3, -0.25) is 4.90 Å². The van der Waals surface area contributed by atoms with E-state index in [1.807, 2.05) is 7.11 Å². The van der Waals surface area contributed by atoms with Crippen molar-refractivity contribution in [2.24, 2.45) is 0 Å². The second-order valence-corrected chi connectivity index (χ2v) is 3.63. The summed E-state index contributed by atoms with van der Waals surface area (Å²) in [5.41, 5.74) is 1.39. The number of hydrogen-bond donors (Lipinski definition) is 0. The fraction of sp³-hybridized carbons (Fsp3) is 0.778. The van der Waals surface area contributed by atoms with Gasteiger partial charge in [0.05, 0.1) is 6.10 Å². The summed E-state index contributed by atoms with van der Waals surface area (Å²) in [6.45, 7) is 6.22. The molecule has 2 rings (SSSR count). The molecule has 2 nitrogen and oxygen atoms in total. The van der Waals surface area contributed by atoms with E-state index in [4.69, 9.17) is 4.74 Å². The number of methoxy groups -OCH3 is 1. The summed E-state index contributed by atoms with van der Waals surface area (Å²) in [4.78, 5) is 2.48. The summed E-state index contributed by atoms with van der Waals surface area (Å²) in [5, 5.41) is 0. The molecule has 0 aromatic heterocycles. The van der Waals surface area contributed by atoms with Gasteiger partial charge in [0.15, 0.2) is 0 Å². The zero-order valence-corrected chi connectivity index (χ0v) is 7.05. The Bertz CT molecular complexity index is 162. The van der Waals surface area contributed by atoms with Gasteiger partial charge in [-0.15, -0.1) is 0 Å². The minimum Gasteiger partial charge on any atom is -0.380 e. The average molecular weight is 153 g/mol. The molecule has 1 unspecified atom stereocenters. The van der Waals surface area contributed by atoms with Gasteiger partial charge in [-0.1, -0.05) is 12.2 Å². The third-order valence-electron chi connectivity index (χ3n) is 2.77. The molecule has 0 spiro atoms. The van der Waals surface area contributed by atoms with E-state index in [0.29, 0.717) is 6.10 Å². The van der Waals surface area contributed by atoms with Crippen LogP contribution in [0.5, 0.6) is 0 Å². The van der Waals surface area contributed by atoms with E-state index >= 15 is 0 Å². The standard InChI is InChI=1S/C9H15NO/c1-7-3-8-4-9(11-2)6-10(8)5-7/h8-9H,1,3-6H2,2H3/t8?,9-/m0/s1. The van der Waals surface area contributed by atoms with Gasteiger partial charge in [-0.05, 0) is 12.8 Å². The first kappa shape index (κ1) is 7.32. The monoisotopic (exact) mass is 153 g/mol. The molecule has 0 radical (unpaired) electrons. The van der Waals surface area contributed by atoms with Crippen molar-refractivity contribution in [1.82, 2.24) is 4.90 Å². The highest BCUT2D eigenvalue weighted by Gasteiger charge is 2.36. The molecule has 2 aliphatic heterocycles. The van der Waals surface area contributed by atoms with Crippen molar-refractivity contribution in [2.75, 3.05) is 20.2 Å². The van der Waals surface area contributed by atoms with Crippen molar-refractivity contribution in [3.05, 3.63) is 12.2 Å². The molecule has 0 aromatic carbocycles. The number of fused-ring (bicyclic) bond motifs is 1. The quantitative estimate of drug-likeness (QED) is 0.522. The molecule has 0 bridgehead atoms. The second-order valence-electron chi connectivity index (χ2n) is 3.63. The summed E-state index contributed by atoms with van der Waals surface area (Å²) >= 11 is 0. The first-order valence-electron chi connectivity index (χ1n) is 4.23. The van der Waals surface area contributed by atoms with Crippen LogP contribution in [0.4, 0.5) is 0 Å². The van der Waals surface area contributed by atoms with Gasteiger partial charge in [-0.25, -0.2) is 0 Å². The Morgan fingerprint density at radius 1 is 1.64 bits per heavy atom. The molecular weight excluding hydrogens is 138 g/mol. The van der Waals surface area contributed by atoms with Gasteiger partial charge in [0, 0.05) is 26.2 Å². The molecule has 0 aromatic rings. The summed E-state index contributed by atoms with van der Waals surface area (Å²) in [6, 6.07) is 0.743. The minimum absolute atomic E-state index is 0.480. The highest BCUT2D eigenvalue weighted by atomic mass is 16.5. The average Bonchev–Trinajstić information content (AvgIpc) is 2.43. The fourth-order valence-corrected chi connectivity index (χ4v) is 2.20. The van der Waals surface area contributed by atoms with Crippen LogP contribution in [0.15, 0.2) is 12.2 Å². The molecule has 2 atom stereocenters. The van der Waals surface area contributed by atoms with Crippen LogP contribution in [-0.2, 0) is 4.74 Å². The Balaban J connectivity index is 1.98. The minimum atomic E-state index is 0.480. The van der Waals surface area contributed by atoms with Gasteiger partial charge in [-0.2, -0.15) is 0 Å². The molecule has 11 heavy (non-hydrogen) atoms. The van der Waals surface area contributed by atoms with Crippen LogP contribution >= 0.6 is 0 Å². The Morgan fingerprint density at radius 3 is 3.09 bits per heavy atom. The zero-order chi connectivity index (χ0) is 7.84. The smallest absolute Gasteiger partial charge is 0.0713 e. The van der Waals surface area contributed by atoms with E-state index in [-0.39, 0.29) is 0 Å². The second kappa shape index (κ2) is 2.61. The Kier molecular flexibility index (Phi) is 1.74. The van der Waals surface area contributed by atoms with Crippen LogP contribution in [-0.4, -0.2) is 37.2 Å². The third-order valence-corrected chi connectivity index (χ3v) is 2.77. The summed E-state index contributed by atoms with van der Waals surface area (Å²) in [6.07, 6.45) is 2.88. The van der Waals surface area contributed by atoms with Crippen LogP contribution in [0.25, 0.3) is 0 Å². The van der Waals surface area contributed by atoms with Crippen molar-refractivity contribution < 1.29 is 4.74 Å². The molecule has 0 aliphatic carbocycles. The highest BCUT2D eigenvalue weighted by Crippen LogP contribution is 2.30. The maximum atomic E-state index is 5.31. The topological polar surface area (TPSA) is 12.5 Å². The maximum absolute atomic E-state index is 5.31. The molecule has 2 aliphatic rings. The third kappa shape index (κ3) is 1.21. The van der Waals surface area contributed by atoms with Crippen LogP contribution in [0, 0.1) is 0 Å². The summed E-state index contributed by atoms with van der Waals surface area (Å²) in [5.74, 6) is 0. The lowest BCUT2D eigenvalue weighted by atomic mass is 10.1. The summed E-state index contributed by atoms with van der Waals surface area (Å²) < 4.78 is 5.31. The highest BCUT2D eigenvalue weighted by molar-refractivity contribution is 5.11. The first-order valence-corrected chi connectivity index (χ1v) is 4.23. The molecule has 0 N–H and O–H groups in total.